The molecule has 0 bridgehead atoms. The van der Waals surface area contributed by atoms with Gasteiger partial charge in [0.15, 0.2) is 0 Å². The molecule has 0 spiro atoms. The van der Waals surface area contributed by atoms with E-state index in [1.807, 2.05) is 4.98 Å². The highest BCUT2D eigenvalue weighted by atomic mass is 35.5. The van der Waals surface area contributed by atoms with Crippen molar-refractivity contribution in [3.8, 4) is 0 Å². The summed E-state index contributed by atoms with van der Waals surface area (Å²) in [6.07, 6.45) is 0. The molecule has 0 fully saturated rings. The maximum atomic E-state index is 11.8. The van der Waals surface area contributed by atoms with E-state index in [2.05, 4.69) is 10.3 Å². The van der Waals surface area contributed by atoms with Crippen LogP contribution in [0.5, 0.6) is 0 Å². The fourth-order valence-corrected chi connectivity index (χ4v) is 1.59. The largest absolute Gasteiger partial charge is 0.327 e. The molecule has 0 atom stereocenters. The number of benzene rings is 1. The van der Waals surface area contributed by atoms with Crippen LogP contribution in [0.2, 0.25) is 5.02 Å². The zero-order valence-electron chi connectivity index (χ0n) is 8.99. The van der Waals surface area contributed by atoms with Crippen molar-refractivity contribution in [2.75, 3.05) is 5.32 Å². The summed E-state index contributed by atoms with van der Waals surface area (Å²) in [5.74, 6) is -0.504. The van der Waals surface area contributed by atoms with Gasteiger partial charge in [-0.15, -0.1) is 0 Å². The van der Waals surface area contributed by atoms with Crippen LogP contribution in [0.4, 0.5) is 5.82 Å². The number of hydrogen-bond acceptors (Lipinski definition) is 3. The highest BCUT2D eigenvalue weighted by Crippen LogP contribution is 2.15. The van der Waals surface area contributed by atoms with Gasteiger partial charge in [0, 0.05) is 6.07 Å². The Kier molecular flexibility index (Phi) is 3.29. The minimum atomic E-state index is -0.697. The fraction of sp³-hybridized carbons (Fsp3) is 0. The first kappa shape index (κ1) is 12.1. The number of aromatic amines is 2. The highest BCUT2D eigenvalue weighted by molar-refractivity contribution is 6.34. The molecule has 18 heavy (non-hydrogen) atoms. The van der Waals surface area contributed by atoms with Crippen LogP contribution in [0.3, 0.4) is 0 Å². The van der Waals surface area contributed by atoms with Crippen molar-refractivity contribution in [3.05, 3.63) is 61.8 Å². The average Bonchev–Trinajstić information content (AvgIpc) is 2.27. The average molecular weight is 266 g/mol. The van der Waals surface area contributed by atoms with E-state index in [1.165, 1.54) is 6.07 Å². The first-order valence-electron chi connectivity index (χ1n) is 4.96. The van der Waals surface area contributed by atoms with Crippen molar-refractivity contribution in [2.24, 2.45) is 0 Å². The molecule has 2 aromatic rings. The molecule has 6 nitrogen and oxygen atoms in total. The molecule has 0 saturated heterocycles. The van der Waals surface area contributed by atoms with Crippen LogP contribution in [0.1, 0.15) is 10.4 Å². The van der Waals surface area contributed by atoms with E-state index < -0.39 is 17.2 Å². The maximum absolute atomic E-state index is 11.8. The third kappa shape index (κ3) is 2.67. The van der Waals surface area contributed by atoms with E-state index in [-0.39, 0.29) is 16.4 Å². The third-order valence-electron chi connectivity index (χ3n) is 2.13. The second-order valence-corrected chi connectivity index (χ2v) is 3.84. The predicted octanol–water partition coefficient (Wildman–Crippen LogP) is 0.969. The number of carbonyl (C=O) groups is 1. The zero-order chi connectivity index (χ0) is 13.1. The standard InChI is InChI=1S/C11H8ClN3O3/c12-7-4-2-1-3-6(7)10(17)13-8-5-9(16)15-11(18)14-8/h1-5H,(H3,13,14,15,16,17,18). The Bertz CT molecular complexity index is 677. The van der Waals surface area contributed by atoms with Crippen molar-refractivity contribution in [2.45, 2.75) is 0 Å². The predicted molar refractivity (Wildman–Crippen MR) is 67.1 cm³/mol. The van der Waals surface area contributed by atoms with Gasteiger partial charge in [-0.2, -0.15) is 0 Å². The third-order valence-corrected chi connectivity index (χ3v) is 2.46. The molecule has 0 unspecified atom stereocenters. The fourth-order valence-electron chi connectivity index (χ4n) is 1.37. The summed E-state index contributed by atoms with van der Waals surface area (Å²) in [4.78, 5) is 38.2. The molecule has 0 saturated carbocycles. The van der Waals surface area contributed by atoms with Gasteiger partial charge in [-0.25, -0.2) is 4.79 Å². The Morgan fingerprint density at radius 1 is 1.17 bits per heavy atom. The van der Waals surface area contributed by atoms with Crippen LogP contribution in [0.15, 0.2) is 39.9 Å². The number of aromatic nitrogens is 2. The van der Waals surface area contributed by atoms with Crippen molar-refractivity contribution in [1.29, 1.82) is 0 Å². The molecule has 0 aliphatic heterocycles. The van der Waals surface area contributed by atoms with Crippen molar-refractivity contribution < 1.29 is 4.79 Å². The molecular formula is C11H8ClN3O3. The van der Waals surface area contributed by atoms with E-state index in [1.54, 1.807) is 18.2 Å². The molecule has 2 rings (SSSR count). The minimum absolute atomic E-state index is 0.00803. The van der Waals surface area contributed by atoms with Crippen LogP contribution in [0.25, 0.3) is 0 Å². The summed E-state index contributed by atoms with van der Waals surface area (Å²) in [7, 11) is 0. The van der Waals surface area contributed by atoms with E-state index in [9.17, 15) is 14.4 Å². The lowest BCUT2D eigenvalue weighted by molar-refractivity contribution is 0.102. The van der Waals surface area contributed by atoms with Gasteiger partial charge in [0.25, 0.3) is 11.5 Å². The van der Waals surface area contributed by atoms with Crippen LogP contribution in [-0.2, 0) is 0 Å². The van der Waals surface area contributed by atoms with Gasteiger partial charge in [0.2, 0.25) is 0 Å². The van der Waals surface area contributed by atoms with E-state index in [0.717, 1.165) is 6.07 Å². The van der Waals surface area contributed by atoms with Gasteiger partial charge in [0.1, 0.15) is 5.82 Å². The molecule has 0 radical (unpaired) electrons. The summed E-state index contributed by atoms with van der Waals surface area (Å²) in [6, 6.07) is 7.51. The van der Waals surface area contributed by atoms with Gasteiger partial charge in [-0.1, -0.05) is 23.7 Å². The van der Waals surface area contributed by atoms with Gasteiger partial charge < -0.3 is 5.32 Å². The monoisotopic (exact) mass is 265 g/mol. The van der Waals surface area contributed by atoms with Crippen LogP contribution >= 0.6 is 11.6 Å². The van der Waals surface area contributed by atoms with E-state index in [4.69, 9.17) is 11.6 Å². The Hall–Kier alpha value is -2.34. The second kappa shape index (κ2) is 4.89. The summed E-state index contributed by atoms with van der Waals surface area (Å²) in [6.45, 7) is 0. The Balaban J connectivity index is 2.30. The lowest BCUT2D eigenvalue weighted by atomic mass is 10.2. The molecular weight excluding hydrogens is 258 g/mol. The Morgan fingerprint density at radius 3 is 2.56 bits per heavy atom. The lowest BCUT2D eigenvalue weighted by Gasteiger charge is -2.05. The number of hydrogen-bond donors (Lipinski definition) is 3. The Labute approximate surface area is 106 Å². The van der Waals surface area contributed by atoms with Crippen molar-refractivity contribution in [1.82, 2.24) is 9.97 Å². The number of H-pyrrole nitrogens is 2. The summed E-state index contributed by atoms with van der Waals surface area (Å²) in [5, 5.41) is 2.66. The Morgan fingerprint density at radius 2 is 1.89 bits per heavy atom. The van der Waals surface area contributed by atoms with Gasteiger partial charge in [0.05, 0.1) is 10.6 Å². The van der Waals surface area contributed by atoms with E-state index in [0.29, 0.717) is 0 Å². The molecule has 92 valence electrons. The molecule has 7 heteroatoms. The topological polar surface area (TPSA) is 94.8 Å². The van der Waals surface area contributed by atoms with Gasteiger partial charge in [-0.05, 0) is 12.1 Å². The molecule has 1 amide bonds. The minimum Gasteiger partial charge on any atom is -0.308 e. The smallest absolute Gasteiger partial charge is 0.308 e. The quantitative estimate of drug-likeness (QED) is 0.755. The van der Waals surface area contributed by atoms with Crippen LogP contribution in [0, 0.1) is 0 Å². The molecule has 1 aromatic heterocycles. The number of carbonyl (C=O) groups excluding carboxylic acids is 1. The number of amides is 1. The molecule has 1 aromatic carbocycles. The van der Waals surface area contributed by atoms with E-state index >= 15 is 0 Å². The summed E-state index contributed by atoms with van der Waals surface area (Å²) >= 11 is 5.85. The summed E-state index contributed by atoms with van der Waals surface area (Å²) < 4.78 is 0. The number of rotatable bonds is 2. The van der Waals surface area contributed by atoms with Crippen LogP contribution < -0.4 is 16.6 Å². The van der Waals surface area contributed by atoms with Crippen molar-refractivity contribution >= 4 is 23.3 Å². The maximum Gasteiger partial charge on any atom is 0.327 e. The number of anilines is 1. The molecule has 3 N–H and O–H groups in total. The molecule has 0 aliphatic rings. The second-order valence-electron chi connectivity index (χ2n) is 3.44. The zero-order valence-corrected chi connectivity index (χ0v) is 9.75. The van der Waals surface area contributed by atoms with Crippen molar-refractivity contribution in [3.63, 3.8) is 0 Å². The first-order chi connectivity index (χ1) is 8.56. The lowest BCUT2D eigenvalue weighted by Crippen LogP contribution is -2.24. The molecule has 1 heterocycles. The summed E-state index contributed by atoms with van der Waals surface area (Å²) in [5.41, 5.74) is -1.05. The number of nitrogens with one attached hydrogen (secondary N) is 3. The van der Waals surface area contributed by atoms with Gasteiger partial charge >= 0.3 is 5.69 Å². The van der Waals surface area contributed by atoms with Gasteiger partial charge in [-0.3, -0.25) is 19.6 Å². The highest BCUT2D eigenvalue weighted by Gasteiger charge is 2.10. The van der Waals surface area contributed by atoms with Crippen LogP contribution in [-0.4, -0.2) is 15.9 Å². The SMILES string of the molecule is O=C(Nc1cc(=O)[nH]c(=O)[nH]1)c1ccccc1Cl. The molecule has 0 aliphatic carbocycles. The first-order valence-corrected chi connectivity index (χ1v) is 5.33. The normalized spacial score (nSPS) is 10.1. The number of halogens is 1.